The van der Waals surface area contributed by atoms with Crippen molar-refractivity contribution < 1.29 is 13.2 Å². The predicted octanol–water partition coefficient (Wildman–Crippen LogP) is 0.155. The summed E-state index contributed by atoms with van der Waals surface area (Å²) in [5, 5.41) is 9.61. The van der Waals surface area contributed by atoms with Gasteiger partial charge in [0.05, 0.1) is 18.0 Å². The zero-order chi connectivity index (χ0) is 14.4. The number of nitrogens with zero attached hydrogens (tertiary/aromatic N) is 1. The Kier molecular flexibility index (Phi) is 5.53. The van der Waals surface area contributed by atoms with Gasteiger partial charge in [-0.15, -0.1) is 0 Å². The minimum absolute atomic E-state index is 0.205. The van der Waals surface area contributed by atoms with Crippen LogP contribution in [0.15, 0.2) is 11.1 Å². The number of piperidine rings is 1. The molecule has 0 saturated carbocycles. The highest BCUT2D eigenvalue weighted by Crippen LogP contribution is 2.11. The first-order valence-corrected chi connectivity index (χ1v) is 8.40. The second-order valence-corrected chi connectivity index (χ2v) is 6.67. The molecular weight excluding hydrogens is 280 g/mol. The van der Waals surface area contributed by atoms with Crippen LogP contribution in [0.5, 0.6) is 0 Å². The van der Waals surface area contributed by atoms with Crippen molar-refractivity contribution in [2.24, 2.45) is 0 Å². The monoisotopic (exact) mass is 302 g/mol. The molecule has 0 aromatic carbocycles. The minimum atomic E-state index is -3.46. The number of nitrogens with one attached hydrogen (secondary N) is 3. The smallest absolute Gasteiger partial charge is 0.243 e. The average molecular weight is 302 g/mol. The highest BCUT2D eigenvalue weighted by Gasteiger charge is 2.18. The van der Waals surface area contributed by atoms with Gasteiger partial charge >= 0.3 is 0 Å². The summed E-state index contributed by atoms with van der Waals surface area (Å²) >= 11 is 0. The van der Waals surface area contributed by atoms with Gasteiger partial charge in [-0.1, -0.05) is 0 Å². The predicted molar refractivity (Wildman–Crippen MR) is 75.0 cm³/mol. The van der Waals surface area contributed by atoms with E-state index in [9.17, 15) is 8.42 Å². The maximum Gasteiger partial charge on any atom is 0.243 e. The molecule has 0 radical (unpaired) electrons. The Morgan fingerprint density at radius 2 is 2.20 bits per heavy atom. The topological polar surface area (TPSA) is 96.1 Å². The molecule has 0 atom stereocenters. The van der Waals surface area contributed by atoms with E-state index in [-0.39, 0.29) is 4.90 Å². The van der Waals surface area contributed by atoms with Gasteiger partial charge < -0.3 is 10.1 Å². The summed E-state index contributed by atoms with van der Waals surface area (Å²) in [4.78, 5) is 0.205. The number of aromatic nitrogens is 2. The molecule has 2 rings (SSSR count). The van der Waals surface area contributed by atoms with Crippen LogP contribution in [0.2, 0.25) is 0 Å². The van der Waals surface area contributed by atoms with Gasteiger partial charge in [-0.3, -0.25) is 5.10 Å². The molecule has 1 saturated heterocycles. The molecule has 0 bridgehead atoms. The molecule has 2 heterocycles. The zero-order valence-electron chi connectivity index (χ0n) is 11.7. The molecular formula is C12H22N4O3S. The molecule has 1 fully saturated rings. The SMILES string of the molecule is Cc1[nH]ncc1S(=O)(=O)NCCCOC1CCNCC1. The largest absolute Gasteiger partial charge is 0.378 e. The number of hydrogen-bond donors (Lipinski definition) is 3. The number of H-pyrrole nitrogens is 1. The molecule has 1 aromatic rings. The molecule has 20 heavy (non-hydrogen) atoms. The number of rotatable bonds is 7. The van der Waals surface area contributed by atoms with Crippen LogP contribution in [0, 0.1) is 6.92 Å². The fourth-order valence-corrected chi connectivity index (χ4v) is 3.39. The molecule has 3 N–H and O–H groups in total. The molecule has 0 unspecified atom stereocenters. The van der Waals surface area contributed by atoms with Crippen LogP contribution in [0.4, 0.5) is 0 Å². The number of aromatic amines is 1. The Morgan fingerprint density at radius 1 is 1.45 bits per heavy atom. The second-order valence-electron chi connectivity index (χ2n) is 4.93. The van der Waals surface area contributed by atoms with Crippen molar-refractivity contribution in [1.29, 1.82) is 0 Å². The maximum absolute atomic E-state index is 12.0. The normalized spacial score (nSPS) is 17.4. The Balaban J connectivity index is 1.66. The summed E-state index contributed by atoms with van der Waals surface area (Å²) in [7, 11) is -3.46. The van der Waals surface area contributed by atoms with Crippen molar-refractivity contribution in [2.45, 2.75) is 37.2 Å². The van der Waals surface area contributed by atoms with Crippen molar-refractivity contribution in [3.63, 3.8) is 0 Å². The Morgan fingerprint density at radius 3 is 2.85 bits per heavy atom. The molecule has 114 valence electrons. The van der Waals surface area contributed by atoms with Crippen LogP contribution in [0.3, 0.4) is 0 Å². The standard InChI is InChI=1S/C12H22N4O3S/c1-10-12(9-14-16-10)20(17,18)15-5-2-8-19-11-3-6-13-7-4-11/h9,11,13,15H,2-8H2,1H3,(H,14,16). The molecule has 0 spiro atoms. The van der Waals surface area contributed by atoms with Gasteiger partial charge in [0, 0.05) is 13.2 Å². The quantitative estimate of drug-likeness (QED) is 0.623. The maximum atomic E-state index is 12.0. The van der Waals surface area contributed by atoms with E-state index in [1.54, 1.807) is 6.92 Å². The lowest BCUT2D eigenvalue weighted by molar-refractivity contribution is 0.0322. The molecule has 8 heteroatoms. The van der Waals surface area contributed by atoms with Gasteiger partial charge in [0.2, 0.25) is 10.0 Å². The van der Waals surface area contributed by atoms with Crippen molar-refractivity contribution in [3.8, 4) is 0 Å². The number of aryl methyl sites for hydroxylation is 1. The number of sulfonamides is 1. The van der Waals surface area contributed by atoms with Gasteiger partial charge in [0.25, 0.3) is 0 Å². The first-order chi connectivity index (χ1) is 9.59. The fraction of sp³-hybridized carbons (Fsp3) is 0.750. The van der Waals surface area contributed by atoms with Gasteiger partial charge in [-0.25, -0.2) is 13.1 Å². The lowest BCUT2D eigenvalue weighted by atomic mass is 10.1. The Bertz CT molecular complexity index is 509. The summed E-state index contributed by atoms with van der Waals surface area (Å²) in [6.45, 7) is 4.63. The van der Waals surface area contributed by atoms with Gasteiger partial charge in [0.1, 0.15) is 4.90 Å². The van der Waals surface area contributed by atoms with E-state index in [1.807, 2.05) is 0 Å². The van der Waals surface area contributed by atoms with E-state index in [0.717, 1.165) is 25.9 Å². The summed E-state index contributed by atoms with van der Waals surface area (Å²) in [5.41, 5.74) is 0.545. The Labute approximate surface area is 119 Å². The fourth-order valence-electron chi connectivity index (χ4n) is 2.18. The summed E-state index contributed by atoms with van der Waals surface area (Å²) < 4.78 is 32.2. The van der Waals surface area contributed by atoms with Gasteiger partial charge in [-0.05, 0) is 39.3 Å². The van der Waals surface area contributed by atoms with E-state index >= 15 is 0 Å². The van der Waals surface area contributed by atoms with Crippen LogP contribution < -0.4 is 10.0 Å². The molecule has 1 aliphatic heterocycles. The number of ether oxygens (including phenoxy) is 1. The van der Waals surface area contributed by atoms with Crippen molar-refractivity contribution in [3.05, 3.63) is 11.9 Å². The molecule has 7 nitrogen and oxygen atoms in total. The van der Waals surface area contributed by atoms with Crippen LogP contribution in [-0.2, 0) is 14.8 Å². The highest BCUT2D eigenvalue weighted by atomic mass is 32.2. The lowest BCUT2D eigenvalue weighted by Crippen LogP contribution is -2.33. The van der Waals surface area contributed by atoms with E-state index in [2.05, 4.69) is 20.2 Å². The van der Waals surface area contributed by atoms with Crippen molar-refractivity contribution >= 4 is 10.0 Å². The third kappa shape index (κ3) is 4.27. The van der Waals surface area contributed by atoms with Crippen LogP contribution in [0.1, 0.15) is 25.0 Å². The number of hydrogen-bond acceptors (Lipinski definition) is 5. The molecule has 1 aromatic heterocycles. The van der Waals surface area contributed by atoms with E-state index < -0.39 is 10.0 Å². The first kappa shape index (κ1) is 15.4. The molecule has 1 aliphatic rings. The molecule has 0 amide bonds. The van der Waals surface area contributed by atoms with E-state index in [1.165, 1.54) is 6.20 Å². The second kappa shape index (κ2) is 7.16. The van der Waals surface area contributed by atoms with Crippen LogP contribution >= 0.6 is 0 Å². The minimum Gasteiger partial charge on any atom is -0.378 e. The third-order valence-electron chi connectivity index (χ3n) is 3.33. The van der Waals surface area contributed by atoms with Crippen LogP contribution in [0.25, 0.3) is 0 Å². The zero-order valence-corrected chi connectivity index (χ0v) is 12.5. The summed E-state index contributed by atoms with van der Waals surface area (Å²) in [6.07, 6.45) is 4.35. The lowest BCUT2D eigenvalue weighted by Gasteiger charge is -2.22. The van der Waals surface area contributed by atoms with Gasteiger partial charge in [0.15, 0.2) is 0 Å². The van der Waals surface area contributed by atoms with E-state index in [4.69, 9.17) is 4.74 Å². The summed E-state index contributed by atoms with van der Waals surface area (Å²) in [5.74, 6) is 0. The Hall–Kier alpha value is -0.960. The van der Waals surface area contributed by atoms with Crippen molar-refractivity contribution in [2.75, 3.05) is 26.2 Å². The van der Waals surface area contributed by atoms with Crippen molar-refractivity contribution in [1.82, 2.24) is 20.2 Å². The third-order valence-corrected chi connectivity index (χ3v) is 4.90. The van der Waals surface area contributed by atoms with E-state index in [0.29, 0.717) is 31.4 Å². The first-order valence-electron chi connectivity index (χ1n) is 6.91. The highest BCUT2D eigenvalue weighted by molar-refractivity contribution is 7.89. The molecule has 0 aliphatic carbocycles. The van der Waals surface area contributed by atoms with Crippen LogP contribution in [-0.4, -0.2) is 51.0 Å². The van der Waals surface area contributed by atoms with Gasteiger partial charge in [-0.2, -0.15) is 5.10 Å². The summed E-state index contributed by atoms with van der Waals surface area (Å²) in [6, 6.07) is 0. The average Bonchev–Trinajstić information content (AvgIpc) is 2.86.